The second kappa shape index (κ2) is 7.34. The van der Waals surface area contributed by atoms with Crippen molar-refractivity contribution in [3.63, 3.8) is 0 Å². The standard InChI is InChI=1S/C16H17FN2O3S/c17-14-6-1-12(2-7-14)5-10-16(20)19-11-13-3-8-15(9-4-13)23(18,21)22/h1-4,6-9H,5,10-11H2,(H,19,20)(H2,18,21,22). The molecule has 0 heterocycles. The number of rotatable bonds is 6. The van der Waals surface area contributed by atoms with Crippen molar-refractivity contribution >= 4 is 15.9 Å². The van der Waals surface area contributed by atoms with Gasteiger partial charge in [0.15, 0.2) is 0 Å². The van der Waals surface area contributed by atoms with Gasteiger partial charge in [-0.2, -0.15) is 0 Å². The molecule has 0 saturated carbocycles. The summed E-state index contributed by atoms with van der Waals surface area (Å²) in [7, 11) is -3.71. The second-order valence-corrected chi connectivity index (χ2v) is 6.65. The predicted molar refractivity (Wildman–Crippen MR) is 84.4 cm³/mol. The summed E-state index contributed by atoms with van der Waals surface area (Å²) >= 11 is 0. The molecule has 0 aliphatic carbocycles. The van der Waals surface area contributed by atoms with Crippen molar-refractivity contribution in [2.24, 2.45) is 5.14 Å². The van der Waals surface area contributed by atoms with E-state index in [-0.39, 0.29) is 16.6 Å². The number of benzene rings is 2. The van der Waals surface area contributed by atoms with Crippen LogP contribution in [0.3, 0.4) is 0 Å². The van der Waals surface area contributed by atoms with E-state index in [4.69, 9.17) is 5.14 Å². The third-order valence-electron chi connectivity index (χ3n) is 3.30. The van der Waals surface area contributed by atoms with Crippen molar-refractivity contribution in [3.05, 3.63) is 65.5 Å². The number of nitrogens with two attached hydrogens (primary N) is 1. The first-order valence-electron chi connectivity index (χ1n) is 6.97. The van der Waals surface area contributed by atoms with Crippen LogP contribution in [0, 0.1) is 5.82 Å². The number of carbonyl (C=O) groups is 1. The van der Waals surface area contributed by atoms with E-state index in [2.05, 4.69) is 5.32 Å². The van der Waals surface area contributed by atoms with Gasteiger partial charge in [0.05, 0.1) is 4.90 Å². The van der Waals surface area contributed by atoms with Gasteiger partial charge in [0.25, 0.3) is 0 Å². The van der Waals surface area contributed by atoms with Crippen molar-refractivity contribution in [1.29, 1.82) is 0 Å². The molecule has 2 rings (SSSR count). The van der Waals surface area contributed by atoms with Crippen LogP contribution in [0.1, 0.15) is 17.5 Å². The van der Waals surface area contributed by atoms with Crippen molar-refractivity contribution in [1.82, 2.24) is 5.32 Å². The number of amides is 1. The van der Waals surface area contributed by atoms with Crippen LogP contribution in [0.4, 0.5) is 4.39 Å². The summed E-state index contributed by atoms with van der Waals surface area (Å²) in [6.07, 6.45) is 0.817. The number of sulfonamides is 1. The van der Waals surface area contributed by atoms with Gasteiger partial charge in [-0.3, -0.25) is 4.79 Å². The van der Waals surface area contributed by atoms with Gasteiger partial charge >= 0.3 is 0 Å². The maximum Gasteiger partial charge on any atom is 0.238 e. The zero-order chi connectivity index (χ0) is 16.9. The van der Waals surface area contributed by atoms with Crippen LogP contribution in [0.5, 0.6) is 0 Å². The number of carbonyl (C=O) groups excluding carboxylic acids is 1. The molecular formula is C16H17FN2O3S. The Morgan fingerprint density at radius 3 is 2.13 bits per heavy atom. The van der Waals surface area contributed by atoms with E-state index in [9.17, 15) is 17.6 Å². The Morgan fingerprint density at radius 1 is 1.00 bits per heavy atom. The third kappa shape index (κ3) is 5.46. The number of primary sulfonamides is 1. The Morgan fingerprint density at radius 2 is 1.57 bits per heavy atom. The molecule has 7 heteroatoms. The lowest BCUT2D eigenvalue weighted by Gasteiger charge is -2.06. The van der Waals surface area contributed by atoms with Gasteiger partial charge in [-0.05, 0) is 41.8 Å². The highest BCUT2D eigenvalue weighted by atomic mass is 32.2. The minimum atomic E-state index is -3.71. The highest BCUT2D eigenvalue weighted by Gasteiger charge is 2.07. The summed E-state index contributed by atoms with van der Waals surface area (Å²) in [6, 6.07) is 12.0. The average molecular weight is 336 g/mol. The number of halogens is 1. The van der Waals surface area contributed by atoms with Gasteiger partial charge in [0.1, 0.15) is 5.82 Å². The molecule has 3 N–H and O–H groups in total. The summed E-state index contributed by atoms with van der Waals surface area (Å²) in [5.41, 5.74) is 1.66. The molecule has 0 bridgehead atoms. The van der Waals surface area contributed by atoms with E-state index in [1.807, 2.05) is 0 Å². The lowest BCUT2D eigenvalue weighted by molar-refractivity contribution is -0.121. The Balaban J connectivity index is 1.81. The van der Waals surface area contributed by atoms with Crippen LogP contribution >= 0.6 is 0 Å². The lowest BCUT2D eigenvalue weighted by Crippen LogP contribution is -2.23. The van der Waals surface area contributed by atoms with E-state index in [1.54, 1.807) is 24.3 Å². The number of hydrogen-bond acceptors (Lipinski definition) is 3. The molecule has 5 nitrogen and oxygen atoms in total. The molecule has 23 heavy (non-hydrogen) atoms. The maximum atomic E-state index is 12.8. The summed E-state index contributed by atoms with van der Waals surface area (Å²) in [4.78, 5) is 11.8. The fraction of sp³-hybridized carbons (Fsp3) is 0.188. The van der Waals surface area contributed by atoms with Crippen LogP contribution in [0.15, 0.2) is 53.4 Å². The number of aryl methyl sites for hydroxylation is 1. The van der Waals surface area contributed by atoms with Gasteiger partial charge in [-0.1, -0.05) is 24.3 Å². The van der Waals surface area contributed by atoms with Crippen LogP contribution in [0.2, 0.25) is 0 Å². The molecule has 1 amide bonds. The molecule has 0 spiro atoms. The molecule has 0 atom stereocenters. The van der Waals surface area contributed by atoms with E-state index in [1.165, 1.54) is 24.3 Å². The minimum absolute atomic E-state index is 0.0314. The monoisotopic (exact) mass is 336 g/mol. The van der Waals surface area contributed by atoms with Gasteiger partial charge in [-0.25, -0.2) is 17.9 Å². The first-order valence-corrected chi connectivity index (χ1v) is 8.52. The third-order valence-corrected chi connectivity index (χ3v) is 4.22. The Labute approximate surface area is 134 Å². The maximum absolute atomic E-state index is 12.8. The molecular weight excluding hydrogens is 319 g/mol. The minimum Gasteiger partial charge on any atom is -0.352 e. The number of hydrogen-bond donors (Lipinski definition) is 2. The fourth-order valence-corrected chi connectivity index (χ4v) is 2.51. The van der Waals surface area contributed by atoms with E-state index in [0.29, 0.717) is 19.4 Å². The van der Waals surface area contributed by atoms with Gasteiger partial charge < -0.3 is 5.32 Å². The van der Waals surface area contributed by atoms with Gasteiger partial charge in [-0.15, -0.1) is 0 Å². The molecule has 0 aliphatic heterocycles. The normalized spacial score (nSPS) is 11.2. The quantitative estimate of drug-likeness (QED) is 0.842. The van der Waals surface area contributed by atoms with E-state index < -0.39 is 10.0 Å². The Kier molecular flexibility index (Phi) is 5.46. The lowest BCUT2D eigenvalue weighted by atomic mass is 10.1. The first kappa shape index (κ1) is 17.1. The summed E-state index contributed by atoms with van der Waals surface area (Å²) in [6.45, 7) is 0.299. The molecule has 0 unspecified atom stereocenters. The van der Waals surface area contributed by atoms with Crippen LogP contribution in [-0.4, -0.2) is 14.3 Å². The average Bonchev–Trinajstić information content (AvgIpc) is 2.52. The Hall–Kier alpha value is -2.25. The van der Waals surface area contributed by atoms with Gasteiger partial charge in [0.2, 0.25) is 15.9 Å². The van der Waals surface area contributed by atoms with E-state index >= 15 is 0 Å². The summed E-state index contributed by atoms with van der Waals surface area (Å²) in [5.74, 6) is -0.439. The highest BCUT2D eigenvalue weighted by molar-refractivity contribution is 7.89. The van der Waals surface area contributed by atoms with Crippen molar-refractivity contribution in [2.75, 3.05) is 0 Å². The molecule has 0 aliphatic rings. The van der Waals surface area contributed by atoms with Crippen molar-refractivity contribution < 1.29 is 17.6 Å². The molecule has 2 aromatic carbocycles. The zero-order valence-corrected chi connectivity index (χ0v) is 13.1. The van der Waals surface area contributed by atoms with Crippen molar-refractivity contribution in [2.45, 2.75) is 24.3 Å². The zero-order valence-electron chi connectivity index (χ0n) is 12.3. The first-order chi connectivity index (χ1) is 10.8. The SMILES string of the molecule is NS(=O)(=O)c1ccc(CNC(=O)CCc2ccc(F)cc2)cc1. The van der Waals surface area contributed by atoms with E-state index in [0.717, 1.165) is 11.1 Å². The molecule has 0 radical (unpaired) electrons. The van der Waals surface area contributed by atoms with Gasteiger partial charge in [0, 0.05) is 13.0 Å². The largest absolute Gasteiger partial charge is 0.352 e. The Bertz CT molecular complexity index is 772. The molecule has 0 fully saturated rings. The topological polar surface area (TPSA) is 89.3 Å². The second-order valence-electron chi connectivity index (χ2n) is 5.09. The molecule has 122 valence electrons. The smallest absolute Gasteiger partial charge is 0.238 e. The van der Waals surface area contributed by atoms with Crippen LogP contribution in [-0.2, 0) is 27.8 Å². The summed E-state index contributed by atoms with van der Waals surface area (Å²) in [5, 5.41) is 7.76. The molecule has 0 saturated heterocycles. The highest BCUT2D eigenvalue weighted by Crippen LogP contribution is 2.09. The molecule has 2 aromatic rings. The fourth-order valence-electron chi connectivity index (χ4n) is 1.99. The number of nitrogens with one attached hydrogen (secondary N) is 1. The molecule has 0 aromatic heterocycles. The summed E-state index contributed by atoms with van der Waals surface area (Å²) < 4.78 is 35.0. The predicted octanol–water partition coefficient (Wildman–Crippen LogP) is 1.72. The van der Waals surface area contributed by atoms with Crippen LogP contribution in [0.25, 0.3) is 0 Å². The van der Waals surface area contributed by atoms with Crippen molar-refractivity contribution in [3.8, 4) is 0 Å². The van der Waals surface area contributed by atoms with Crippen LogP contribution < -0.4 is 10.5 Å².